The third kappa shape index (κ3) is 4.01. The van der Waals surface area contributed by atoms with Gasteiger partial charge >= 0.3 is 0 Å². The molecule has 0 aliphatic heterocycles. The van der Waals surface area contributed by atoms with Gasteiger partial charge in [-0.25, -0.2) is 0 Å². The van der Waals surface area contributed by atoms with Crippen molar-refractivity contribution in [2.45, 2.75) is 40.8 Å². The largest absolute Gasteiger partial charge is 0.256 e. The Bertz CT molecular complexity index is 1620. The van der Waals surface area contributed by atoms with Crippen molar-refractivity contribution in [1.29, 1.82) is 5.26 Å². The first kappa shape index (κ1) is 12.0. The molecule has 0 N–H and O–H groups in total. The molecule has 2 aromatic heterocycles. The van der Waals surface area contributed by atoms with Gasteiger partial charge in [0.2, 0.25) is 0 Å². The summed E-state index contributed by atoms with van der Waals surface area (Å²) in [6, 6.07) is 11.0. The van der Waals surface area contributed by atoms with Gasteiger partial charge in [-0.1, -0.05) is 45.0 Å². The van der Waals surface area contributed by atoms with Crippen LogP contribution in [0, 0.1) is 30.4 Å². The summed E-state index contributed by atoms with van der Waals surface area (Å²) in [7, 11) is 0. The highest BCUT2D eigenvalue weighted by atomic mass is 32.1. The number of pyridine rings is 1. The standard InChI is InChI=1S/C27H26N2S/c1-17-10-19(13-27(3,4)5)6-8-21(17)23-12-25(29-15-18(23)2)24-16-30-26-11-20(14-28)7-9-22(24)26/h6-12,15-16H,13H2,1-5H3/i1D3,2D3,8D,13D2. The van der Waals surface area contributed by atoms with Crippen LogP contribution in [0.2, 0.25) is 0 Å². The molecule has 0 unspecified atom stereocenters. The second-order valence-electron chi connectivity index (χ2n) is 8.14. The normalized spacial score (nSPS) is 17.3. The van der Waals surface area contributed by atoms with Crippen molar-refractivity contribution in [1.82, 2.24) is 4.98 Å². The van der Waals surface area contributed by atoms with Crippen LogP contribution in [0.5, 0.6) is 0 Å². The number of aromatic nitrogens is 1. The molecule has 0 amide bonds. The number of rotatable bonds is 3. The third-order valence-corrected chi connectivity index (χ3v) is 5.56. The van der Waals surface area contributed by atoms with Crippen molar-refractivity contribution in [3.8, 4) is 28.5 Å². The number of nitriles is 1. The minimum Gasteiger partial charge on any atom is -0.256 e. The minimum absolute atomic E-state index is 0.0342. The van der Waals surface area contributed by atoms with Gasteiger partial charge in [-0.05, 0) is 71.5 Å². The average Bonchev–Trinajstić information content (AvgIpc) is 3.24. The molecule has 0 saturated heterocycles. The van der Waals surface area contributed by atoms with Crippen LogP contribution in [0.25, 0.3) is 32.5 Å². The lowest BCUT2D eigenvalue weighted by molar-refractivity contribution is 0.411. The van der Waals surface area contributed by atoms with Gasteiger partial charge < -0.3 is 0 Å². The Labute approximate surface area is 195 Å². The minimum atomic E-state index is -2.76. The van der Waals surface area contributed by atoms with Crippen LogP contribution < -0.4 is 0 Å². The Hall–Kier alpha value is -2.96. The number of fused-ring (bicyclic) bond motifs is 1. The Morgan fingerprint density at radius 2 is 1.93 bits per heavy atom. The lowest BCUT2D eigenvalue weighted by atomic mass is 9.86. The molecule has 2 heterocycles. The van der Waals surface area contributed by atoms with E-state index in [9.17, 15) is 5.26 Å². The molecule has 3 heteroatoms. The van der Waals surface area contributed by atoms with Crippen LogP contribution in [-0.2, 0) is 6.37 Å². The van der Waals surface area contributed by atoms with Crippen LogP contribution in [0.1, 0.15) is 55.4 Å². The molecule has 0 bridgehead atoms. The van der Waals surface area contributed by atoms with Crippen molar-refractivity contribution in [3.63, 3.8) is 0 Å². The number of benzene rings is 2. The first-order valence-electron chi connectivity index (χ1n) is 13.9. The van der Waals surface area contributed by atoms with Gasteiger partial charge in [0.05, 0.1) is 18.7 Å². The fourth-order valence-corrected chi connectivity index (χ4v) is 4.32. The molecule has 2 aromatic carbocycles. The van der Waals surface area contributed by atoms with E-state index in [1.54, 1.807) is 39.0 Å². The molecule has 2 nitrogen and oxygen atoms in total. The van der Waals surface area contributed by atoms with E-state index < -0.39 is 25.5 Å². The van der Waals surface area contributed by atoms with E-state index in [1.165, 1.54) is 35.7 Å². The SMILES string of the molecule is [2H]c1cc(C([2H])([2H])C(C)(C)C)cc(C([2H])([2H])[2H])c1-c1cc(-c2csc3cc(C#N)ccc23)ncc1C([2H])([2H])[2H]. The number of hydrogen-bond donors (Lipinski definition) is 0. The van der Waals surface area contributed by atoms with Crippen LogP contribution in [0.4, 0.5) is 0 Å². The zero-order valence-corrected chi connectivity index (χ0v) is 17.7. The van der Waals surface area contributed by atoms with E-state index in [1.807, 2.05) is 5.38 Å². The van der Waals surface area contributed by atoms with Gasteiger partial charge in [0.15, 0.2) is 0 Å². The maximum Gasteiger partial charge on any atom is 0.0992 e. The topological polar surface area (TPSA) is 36.7 Å². The fourth-order valence-electron chi connectivity index (χ4n) is 3.33. The number of aryl methyl sites for hydroxylation is 2. The van der Waals surface area contributed by atoms with Gasteiger partial charge in [-0.15, -0.1) is 11.3 Å². The Morgan fingerprint density at radius 1 is 1.10 bits per heavy atom. The number of thiophene rings is 1. The van der Waals surface area contributed by atoms with E-state index in [-0.39, 0.29) is 33.9 Å². The summed E-state index contributed by atoms with van der Waals surface area (Å²) in [4.78, 5) is 4.40. The number of hydrogen-bond acceptors (Lipinski definition) is 3. The highest BCUT2D eigenvalue weighted by molar-refractivity contribution is 7.17. The molecule has 0 atom stereocenters. The predicted molar refractivity (Wildman–Crippen MR) is 128 cm³/mol. The predicted octanol–water partition coefficient (Wildman–Crippen LogP) is 7.71. The molecule has 0 aliphatic carbocycles. The monoisotopic (exact) mass is 419 g/mol. The first-order chi connectivity index (χ1) is 17.9. The molecule has 4 rings (SSSR count). The van der Waals surface area contributed by atoms with Crippen LogP contribution in [-0.4, -0.2) is 4.98 Å². The van der Waals surface area contributed by atoms with Gasteiger partial charge in [-0.2, -0.15) is 5.26 Å². The first-order valence-corrected chi connectivity index (χ1v) is 10.3. The lowest BCUT2D eigenvalue weighted by Crippen LogP contribution is -2.09. The highest BCUT2D eigenvalue weighted by Gasteiger charge is 2.15. The Morgan fingerprint density at radius 3 is 2.67 bits per heavy atom. The molecular formula is C27H26N2S. The van der Waals surface area contributed by atoms with E-state index >= 15 is 0 Å². The maximum absolute atomic E-state index is 9.22. The van der Waals surface area contributed by atoms with Gasteiger partial charge in [-0.3, -0.25) is 4.98 Å². The summed E-state index contributed by atoms with van der Waals surface area (Å²) in [6.07, 6.45) is -0.772. The van der Waals surface area contributed by atoms with Crippen molar-refractivity contribution >= 4 is 21.4 Å². The van der Waals surface area contributed by atoms with E-state index in [0.717, 1.165) is 10.1 Å². The second-order valence-corrected chi connectivity index (χ2v) is 9.05. The summed E-state index contributed by atoms with van der Waals surface area (Å²) in [5.41, 5.74) is 0.149. The molecule has 0 radical (unpaired) electrons. The summed E-state index contributed by atoms with van der Waals surface area (Å²) in [5.74, 6) is 0. The highest BCUT2D eigenvalue weighted by Crippen LogP contribution is 2.37. The fraction of sp³-hybridized carbons (Fsp3) is 0.259. The summed E-state index contributed by atoms with van der Waals surface area (Å²) in [6.45, 7) is -0.353. The van der Waals surface area contributed by atoms with Crippen molar-refractivity contribution in [2.24, 2.45) is 5.41 Å². The molecule has 150 valence electrons. The zero-order chi connectivity index (χ0) is 29.1. The van der Waals surface area contributed by atoms with E-state index in [4.69, 9.17) is 12.3 Å². The van der Waals surface area contributed by atoms with Crippen molar-refractivity contribution in [2.75, 3.05) is 0 Å². The summed E-state index contributed by atoms with van der Waals surface area (Å²) in [5, 5.41) is 11.9. The molecular weight excluding hydrogens is 384 g/mol. The van der Waals surface area contributed by atoms with Gasteiger partial charge in [0.25, 0.3) is 0 Å². The van der Waals surface area contributed by atoms with Crippen LogP contribution in [0.15, 0.2) is 54.0 Å². The zero-order valence-electron chi connectivity index (χ0n) is 25.9. The Kier molecular flexibility index (Phi) is 3.09. The van der Waals surface area contributed by atoms with Gasteiger partial charge in [0.1, 0.15) is 0 Å². The third-order valence-electron chi connectivity index (χ3n) is 4.61. The number of nitrogens with zero attached hydrogens (tertiary/aromatic N) is 2. The molecule has 4 aromatic rings. The molecule has 0 spiro atoms. The molecule has 30 heavy (non-hydrogen) atoms. The summed E-state index contributed by atoms with van der Waals surface area (Å²) < 4.78 is 76.0. The lowest BCUT2D eigenvalue weighted by Gasteiger charge is -2.19. The van der Waals surface area contributed by atoms with Crippen LogP contribution in [0.3, 0.4) is 0 Å². The quantitative estimate of drug-likeness (QED) is 0.341. The Balaban J connectivity index is 2.05. The second kappa shape index (κ2) is 7.70. The van der Waals surface area contributed by atoms with E-state index in [0.29, 0.717) is 16.8 Å². The van der Waals surface area contributed by atoms with Crippen molar-refractivity contribution < 1.29 is 12.3 Å². The average molecular weight is 420 g/mol. The summed E-state index contributed by atoms with van der Waals surface area (Å²) >= 11 is 1.40. The molecule has 0 saturated carbocycles. The smallest absolute Gasteiger partial charge is 0.0992 e. The van der Waals surface area contributed by atoms with E-state index in [2.05, 4.69) is 11.1 Å². The maximum atomic E-state index is 9.22. The molecule has 0 fully saturated rings. The molecule has 0 aliphatic rings. The van der Waals surface area contributed by atoms with Crippen molar-refractivity contribution in [3.05, 3.63) is 76.3 Å². The van der Waals surface area contributed by atoms with Gasteiger partial charge in [0, 0.05) is 38.2 Å². The van der Waals surface area contributed by atoms with Crippen LogP contribution >= 0.6 is 11.3 Å².